The Morgan fingerprint density at radius 1 is 1.18 bits per heavy atom. The Balaban J connectivity index is 2.28. The van der Waals surface area contributed by atoms with E-state index in [1.165, 1.54) is 0 Å². The van der Waals surface area contributed by atoms with Crippen molar-refractivity contribution in [1.29, 1.82) is 0 Å². The summed E-state index contributed by atoms with van der Waals surface area (Å²) in [6.45, 7) is 0.836. The normalized spacial score (nSPS) is 23.8. The van der Waals surface area contributed by atoms with Gasteiger partial charge in [-0.2, -0.15) is 0 Å². The van der Waals surface area contributed by atoms with Crippen molar-refractivity contribution in [1.82, 2.24) is 5.32 Å². The lowest BCUT2D eigenvalue weighted by atomic mass is 10.1. The average Bonchev–Trinajstić information content (AvgIpc) is 2.03. The van der Waals surface area contributed by atoms with Crippen molar-refractivity contribution in [3.05, 3.63) is 12.2 Å². The van der Waals surface area contributed by atoms with Gasteiger partial charge >= 0.3 is 0 Å². The van der Waals surface area contributed by atoms with Crippen molar-refractivity contribution in [2.75, 3.05) is 6.54 Å². The number of hydrogen-bond acceptors (Lipinski definition) is 1. The topological polar surface area (TPSA) is 29.1 Å². The Hall–Kier alpha value is -0.790. The molecule has 1 aliphatic rings. The van der Waals surface area contributed by atoms with Crippen LogP contribution in [-0.2, 0) is 4.79 Å². The third-order valence-electron chi connectivity index (χ3n) is 1.81. The Kier molecular flexibility index (Phi) is 3.73. The van der Waals surface area contributed by atoms with Crippen LogP contribution in [0.2, 0.25) is 0 Å². The number of hydrogen-bond donors (Lipinski definition) is 1. The molecule has 11 heavy (non-hydrogen) atoms. The Morgan fingerprint density at radius 2 is 1.91 bits per heavy atom. The van der Waals surface area contributed by atoms with Crippen LogP contribution in [0.1, 0.15) is 32.1 Å². The fraction of sp³-hybridized carbons (Fsp3) is 0.667. The largest absolute Gasteiger partial charge is 0.356 e. The van der Waals surface area contributed by atoms with Gasteiger partial charge in [0.1, 0.15) is 0 Å². The van der Waals surface area contributed by atoms with E-state index in [0.717, 1.165) is 32.2 Å². The molecule has 0 spiro atoms. The average molecular weight is 153 g/mol. The molecule has 1 rings (SSSR count). The van der Waals surface area contributed by atoms with E-state index in [0.29, 0.717) is 6.42 Å². The van der Waals surface area contributed by atoms with Gasteiger partial charge in [0.15, 0.2) is 0 Å². The first-order valence-electron chi connectivity index (χ1n) is 4.31. The van der Waals surface area contributed by atoms with E-state index in [2.05, 4.69) is 17.5 Å². The molecule has 2 nitrogen and oxygen atoms in total. The quantitative estimate of drug-likeness (QED) is 0.526. The zero-order valence-electron chi connectivity index (χ0n) is 6.81. The van der Waals surface area contributed by atoms with Crippen LogP contribution in [0.25, 0.3) is 0 Å². The molecule has 0 aromatic heterocycles. The molecule has 2 heteroatoms. The molecule has 1 N–H and O–H groups in total. The first-order valence-corrected chi connectivity index (χ1v) is 4.31. The Bertz CT molecular complexity index is 152. The summed E-state index contributed by atoms with van der Waals surface area (Å²) in [4.78, 5) is 11.0. The van der Waals surface area contributed by atoms with E-state index >= 15 is 0 Å². The molecule has 1 heterocycles. The molecule has 0 fully saturated rings. The van der Waals surface area contributed by atoms with Crippen molar-refractivity contribution in [2.24, 2.45) is 0 Å². The van der Waals surface area contributed by atoms with Crippen LogP contribution < -0.4 is 5.32 Å². The summed E-state index contributed by atoms with van der Waals surface area (Å²) in [6, 6.07) is 0. The molecule has 0 saturated heterocycles. The highest BCUT2D eigenvalue weighted by molar-refractivity contribution is 5.75. The molecule has 0 atom stereocenters. The predicted octanol–water partition coefficient (Wildman–Crippen LogP) is 1.62. The van der Waals surface area contributed by atoms with E-state index < -0.39 is 0 Å². The van der Waals surface area contributed by atoms with Crippen LogP contribution in [0.4, 0.5) is 0 Å². The third-order valence-corrected chi connectivity index (χ3v) is 1.81. The van der Waals surface area contributed by atoms with Crippen molar-refractivity contribution in [3.8, 4) is 0 Å². The summed E-state index contributed by atoms with van der Waals surface area (Å²) in [5.41, 5.74) is 0. The second-order valence-corrected chi connectivity index (χ2v) is 2.86. The zero-order chi connectivity index (χ0) is 7.94. The maximum absolute atomic E-state index is 11.0. The van der Waals surface area contributed by atoms with Crippen molar-refractivity contribution in [2.45, 2.75) is 32.1 Å². The summed E-state index contributed by atoms with van der Waals surface area (Å²) in [7, 11) is 0. The number of carbonyl (C=O) groups excluding carboxylic acids is 1. The second-order valence-electron chi connectivity index (χ2n) is 2.86. The highest BCUT2D eigenvalue weighted by atomic mass is 16.1. The zero-order valence-corrected chi connectivity index (χ0v) is 6.81. The van der Waals surface area contributed by atoms with Crippen LogP contribution in [0, 0.1) is 0 Å². The molecule has 0 bridgehead atoms. The molecule has 1 aliphatic heterocycles. The van der Waals surface area contributed by atoms with Crippen molar-refractivity contribution < 1.29 is 4.79 Å². The molecule has 0 aliphatic carbocycles. The van der Waals surface area contributed by atoms with Gasteiger partial charge in [0.2, 0.25) is 5.91 Å². The number of rotatable bonds is 0. The van der Waals surface area contributed by atoms with E-state index in [1.807, 2.05) is 0 Å². The minimum Gasteiger partial charge on any atom is -0.356 e. The molecular weight excluding hydrogens is 138 g/mol. The molecule has 0 saturated carbocycles. The van der Waals surface area contributed by atoms with Gasteiger partial charge < -0.3 is 5.32 Å². The fourth-order valence-corrected chi connectivity index (χ4v) is 1.15. The van der Waals surface area contributed by atoms with Crippen LogP contribution in [0.5, 0.6) is 0 Å². The second kappa shape index (κ2) is 4.94. The van der Waals surface area contributed by atoms with E-state index in [1.54, 1.807) is 0 Å². The lowest BCUT2D eigenvalue weighted by molar-refractivity contribution is -0.121. The van der Waals surface area contributed by atoms with Gasteiger partial charge in [-0.3, -0.25) is 4.79 Å². The molecule has 0 radical (unpaired) electrons. The maximum atomic E-state index is 11.0. The monoisotopic (exact) mass is 153 g/mol. The lowest BCUT2D eigenvalue weighted by Crippen LogP contribution is -2.24. The van der Waals surface area contributed by atoms with E-state index in [9.17, 15) is 4.79 Å². The molecule has 0 aromatic rings. The molecule has 0 aromatic carbocycles. The third kappa shape index (κ3) is 3.81. The van der Waals surface area contributed by atoms with E-state index in [-0.39, 0.29) is 5.91 Å². The van der Waals surface area contributed by atoms with Gasteiger partial charge in [0.05, 0.1) is 0 Å². The number of allylic oxidation sites excluding steroid dienone is 2. The number of nitrogens with one attached hydrogen (secondary N) is 1. The van der Waals surface area contributed by atoms with Gasteiger partial charge in [-0.05, 0) is 25.7 Å². The van der Waals surface area contributed by atoms with Gasteiger partial charge in [0.25, 0.3) is 0 Å². The highest BCUT2D eigenvalue weighted by Crippen LogP contribution is 2.00. The first-order chi connectivity index (χ1) is 5.39. The van der Waals surface area contributed by atoms with Crippen LogP contribution >= 0.6 is 0 Å². The maximum Gasteiger partial charge on any atom is 0.220 e. The standard InChI is InChI=1S/C9H15NO/c11-9-7-5-3-1-2-4-6-8-10-9/h1-2H,3-8H2,(H,10,11)/b2-1+. The molecule has 1 amide bonds. The lowest BCUT2D eigenvalue weighted by Gasteiger charge is -2.04. The Labute approximate surface area is 67.7 Å². The first kappa shape index (κ1) is 8.31. The van der Waals surface area contributed by atoms with Crippen LogP contribution in [0.3, 0.4) is 0 Å². The van der Waals surface area contributed by atoms with Gasteiger partial charge in [-0.15, -0.1) is 0 Å². The summed E-state index contributed by atoms with van der Waals surface area (Å²) in [5.74, 6) is 0.209. The van der Waals surface area contributed by atoms with Crippen LogP contribution in [-0.4, -0.2) is 12.5 Å². The SMILES string of the molecule is O=C1CCC/C=C/CCCN1. The number of amides is 1. The highest BCUT2D eigenvalue weighted by Gasteiger charge is 1.99. The summed E-state index contributed by atoms with van der Waals surface area (Å²) < 4.78 is 0. The molecular formula is C9H15NO. The minimum atomic E-state index is 0.209. The minimum absolute atomic E-state index is 0.209. The summed E-state index contributed by atoms with van der Waals surface area (Å²) in [6.07, 6.45) is 9.28. The fourth-order valence-electron chi connectivity index (χ4n) is 1.15. The smallest absolute Gasteiger partial charge is 0.220 e. The summed E-state index contributed by atoms with van der Waals surface area (Å²) in [5, 5.41) is 2.88. The number of carbonyl (C=O) groups is 1. The van der Waals surface area contributed by atoms with Crippen molar-refractivity contribution in [3.63, 3.8) is 0 Å². The molecule has 62 valence electrons. The van der Waals surface area contributed by atoms with Gasteiger partial charge in [-0.1, -0.05) is 12.2 Å². The molecule has 0 unspecified atom stereocenters. The Morgan fingerprint density at radius 3 is 2.73 bits per heavy atom. The predicted molar refractivity (Wildman–Crippen MR) is 45.2 cm³/mol. The van der Waals surface area contributed by atoms with Crippen molar-refractivity contribution >= 4 is 5.91 Å². The van der Waals surface area contributed by atoms with E-state index in [4.69, 9.17) is 0 Å². The van der Waals surface area contributed by atoms with Gasteiger partial charge in [-0.25, -0.2) is 0 Å². The van der Waals surface area contributed by atoms with Crippen LogP contribution in [0.15, 0.2) is 12.2 Å². The van der Waals surface area contributed by atoms with Gasteiger partial charge in [0, 0.05) is 13.0 Å². The summed E-state index contributed by atoms with van der Waals surface area (Å²) >= 11 is 0.